The fourth-order valence-electron chi connectivity index (χ4n) is 6.78. The van der Waals surface area contributed by atoms with E-state index in [4.69, 9.17) is 14.2 Å². The van der Waals surface area contributed by atoms with Gasteiger partial charge in [0.15, 0.2) is 6.10 Å². The van der Waals surface area contributed by atoms with E-state index in [-0.39, 0.29) is 37.5 Å². The maximum atomic E-state index is 12.7. The molecule has 0 aliphatic carbocycles. The molecule has 0 spiro atoms. The minimum atomic E-state index is -0.796. The molecule has 0 rings (SSSR count). The average Bonchev–Trinajstić information content (AvgIpc) is 3.24. The molecular weight excluding hydrogens is 745 g/mol. The van der Waals surface area contributed by atoms with Crippen LogP contribution < -0.4 is 0 Å². The Morgan fingerprint density at radius 2 is 0.717 bits per heavy atom. The maximum absolute atomic E-state index is 12.7. The van der Waals surface area contributed by atoms with E-state index >= 15 is 0 Å². The average molecular weight is 837 g/mol. The number of allylic oxidation sites excluding steroid dienone is 12. The largest absolute Gasteiger partial charge is 0.462 e. The second kappa shape index (κ2) is 48.5. The zero-order valence-electron chi connectivity index (χ0n) is 39.2. The highest BCUT2D eigenvalue weighted by Gasteiger charge is 2.19. The molecule has 0 heterocycles. The first-order valence-corrected chi connectivity index (χ1v) is 25.0. The predicted octanol–water partition coefficient (Wildman–Crippen LogP) is 16.3. The summed E-state index contributed by atoms with van der Waals surface area (Å²) in [7, 11) is 0. The zero-order chi connectivity index (χ0) is 43.7. The maximum Gasteiger partial charge on any atom is 0.306 e. The Bertz CT molecular complexity index is 1140. The van der Waals surface area contributed by atoms with Crippen LogP contribution in [0, 0.1) is 0 Å². The van der Waals surface area contributed by atoms with E-state index in [1.165, 1.54) is 109 Å². The lowest BCUT2D eigenvalue weighted by molar-refractivity contribution is -0.167. The Balaban J connectivity index is 4.43. The molecule has 344 valence electrons. The van der Waals surface area contributed by atoms with Crippen molar-refractivity contribution in [1.29, 1.82) is 0 Å². The summed E-state index contributed by atoms with van der Waals surface area (Å²) in [4.78, 5) is 37.9. The van der Waals surface area contributed by atoms with Crippen LogP contribution in [-0.4, -0.2) is 37.2 Å². The molecule has 0 aromatic heterocycles. The molecule has 1 atom stereocenters. The number of ether oxygens (including phenoxy) is 3. The number of carbonyl (C=O) groups is 3. The summed E-state index contributed by atoms with van der Waals surface area (Å²) in [5.41, 5.74) is 0. The van der Waals surface area contributed by atoms with Crippen LogP contribution in [0.3, 0.4) is 0 Å². The third-order valence-electron chi connectivity index (χ3n) is 10.5. The Kier molecular flexibility index (Phi) is 46.0. The first kappa shape index (κ1) is 56.9. The topological polar surface area (TPSA) is 78.9 Å². The molecule has 0 aliphatic rings. The van der Waals surface area contributed by atoms with E-state index in [0.717, 1.165) is 77.0 Å². The van der Waals surface area contributed by atoms with Gasteiger partial charge in [-0.25, -0.2) is 0 Å². The van der Waals surface area contributed by atoms with Gasteiger partial charge in [-0.1, -0.05) is 216 Å². The van der Waals surface area contributed by atoms with Crippen molar-refractivity contribution in [1.82, 2.24) is 0 Å². The summed E-state index contributed by atoms with van der Waals surface area (Å²) in [5.74, 6) is -0.940. The van der Waals surface area contributed by atoms with Gasteiger partial charge in [-0.2, -0.15) is 0 Å². The second-order valence-corrected chi connectivity index (χ2v) is 16.4. The summed E-state index contributed by atoms with van der Waals surface area (Å²) >= 11 is 0. The van der Waals surface area contributed by atoms with Crippen molar-refractivity contribution in [2.24, 2.45) is 0 Å². The van der Waals surface area contributed by atoms with E-state index in [1.54, 1.807) is 0 Å². The highest BCUT2D eigenvalue weighted by Crippen LogP contribution is 2.14. The molecular formula is C54H92O6. The van der Waals surface area contributed by atoms with Gasteiger partial charge in [-0.05, 0) is 70.6 Å². The van der Waals surface area contributed by atoms with Crippen molar-refractivity contribution in [3.63, 3.8) is 0 Å². The standard InChI is InChI=1S/C54H92O6/c1-4-7-10-13-16-19-22-25-26-27-28-30-32-35-38-41-44-47-53(56)59-50-51(49-58-52(55)46-43-40-37-34-31-24-21-18-15-12-9-6-3)60-54(57)48-45-42-39-36-33-29-23-20-17-14-11-8-5-2/h8,11,14,16-17,19-20,23,25-26,29,33,51H,4-7,9-10,12-13,15,18,21-22,24,27-28,30-32,34-50H2,1-3H3/b11-8-,17-14-,19-16-,23-20-,26-25-,33-29-. The number of hydrogen-bond donors (Lipinski definition) is 0. The Morgan fingerprint density at radius 3 is 1.20 bits per heavy atom. The van der Waals surface area contributed by atoms with Crippen LogP contribution >= 0.6 is 0 Å². The molecule has 1 unspecified atom stereocenters. The summed E-state index contributed by atoms with van der Waals surface area (Å²) in [6.45, 7) is 6.42. The Labute approximate surface area is 370 Å². The second-order valence-electron chi connectivity index (χ2n) is 16.4. The fourth-order valence-corrected chi connectivity index (χ4v) is 6.78. The van der Waals surface area contributed by atoms with Gasteiger partial charge in [0.2, 0.25) is 0 Å². The van der Waals surface area contributed by atoms with Crippen LogP contribution in [-0.2, 0) is 28.6 Å². The predicted molar refractivity (Wildman–Crippen MR) is 256 cm³/mol. The van der Waals surface area contributed by atoms with Crippen molar-refractivity contribution < 1.29 is 28.6 Å². The Hall–Kier alpha value is -3.15. The van der Waals surface area contributed by atoms with Crippen LogP contribution in [0.4, 0.5) is 0 Å². The first-order chi connectivity index (χ1) is 29.5. The molecule has 0 N–H and O–H groups in total. The van der Waals surface area contributed by atoms with Gasteiger partial charge in [0.1, 0.15) is 13.2 Å². The van der Waals surface area contributed by atoms with Crippen LogP contribution in [0.1, 0.15) is 233 Å². The quantitative estimate of drug-likeness (QED) is 0.0200. The van der Waals surface area contributed by atoms with E-state index in [2.05, 4.69) is 57.2 Å². The summed E-state index contributed by atoms with van der Waals surface area (Å²) in [6, 6.07) is 0. The van der Waals surface area contributed by atoms with E-state index in [1.807, 2.05) is 36.5 Å². The van der Waals surface area contributed by atoms with Gasteiger partial charge in [0, 0.05) is 19.3 Å². The number of carbonyl (C=O) groups excluding carboxylic acids is 3. The lowest BCUT2D eigenvalue weighted by Crippen LogP contribution is -2.30. The third-order valence-corrected chi connectivity index (χ3v) is 10.5. The molecule has 0 aliphatic heterocycles. The van der Waals surface area contributed by atoms with E-state index in [0.29, 0.717) is 19.3 Å². The molecule has 0 aromatic carbocycles. The normalized spacial score (nSPS) is 12.7. The molecule has 0 amide bonds. The lowest BCUT2D eigenvalue weighted by atomic mass is 10.0. The van der Waals surface area contributed by atoms with E-state index < -0.39 is 6.10 Å². The fraction of sp³-hybridized carbons (Fsp3) is 0.722. The van der Waals surface area contributed by atoms with Gasteiger partial charge >= 0.3 is 17.9 Å². The third kappa shape index (κ3) is 45.9. The van der Waals surface area contributed by atoms with Crippen LogP contribution in [0.25, 0.3) is 0 Å². The highest BCUT2D eigenvalue weighted by molar-refractivity contribution is 5.71. The molecule has 0 saturated carbocycles. The molecule has 0 radical (unpaired) electrons. The highest BCUT2D eigenvalue weighted by atomic mass is 16.6. The zero-order valence-corrected chi connectivity index (χ0v) is 39.2. The SMILES string of the molecule is CC\C=C/C=C\C=C/C=C\CCCCCC(=O)OC(COC(=O)CCCCCCCCC/C=C\C/C=C\CCCCC)COC(=O)CCCCCCCCCCCCCC. The molecule has 60 heavy (non-hydrogen) atoms. The monoisotopic (exact) mass is 837 g/mol. The first-order valence-electron chi connectivity index (χ1n) is 25.0. The van der Waals surface area contributed by atoms with Crippen LogP contribution in [0.5, 0.6) is 0 Å². The minimum absolute atomic E-state index is 0.0928. The van der Waals surface area contributed by atoms with Gasteiger partial charge in [-0.3, -0.25) is 14.4 Å². The van der Waals surface area contributed by atoms with Crippen LogP contribution in [0.2, 0.25) is 0 Å². The van der Waals surface area contributed by atoms with Gasteiger partial charge in [0.05, 0.1) is 0 Å². The van der Waals surface area contributed by atoms with Crippen molar-refractivity contribution in [2.75, 3.05) is 13.2 Å². The molecule has 0 fully saturated rings. The van der Waals surface area contributed by atoms with Crippen molar-refractivity contribution in [2.45, 2.75) is 239 Å². The number of unbranched alkanes of at least 4 members (excludes halogenated alkanes) is 24. The molecule has 0 saturated heterocycles. The summed E-state index contributed by atoms with van der Waals surface area (Å²) < 4.78 is 16.7. The summed E-state index contributed by atoms with van der Waals surface area (Å²) in [6.07, 6.45) is 60.2. The smallest absolute Gasteiger partial charge is 0.306 e. The van der Waals surface area contributed by atoms with Crippen LogP contribution in [0.15, 0.2) is 72.9 Å². The molecule has 6 heteroatoms. The van der Waals surface area contributed by atoms with E-state index in [9.17, 15) is 14.4 Å². The lowest BCUT2D eigenvalue weighted by Gasteiger charge is -2.18. The molecule has 0 aromatic rings. The van der Waals surface area contributed by atoms with Crippen molar-refractivity contribution in [3.8, 4) is 0 Å². The van der Waals surface area contributed by atoms with Gasteiger partial charge in [-0.15, -0.1) is 0 Å². The summed E-state index contributed by atoms with van der Waals surface area (Å²) in [5, 5.41) is 0. The van der Waals surface area contributed by atoms with Crippen molar-refractivity contribution in [3.05, 3.63) is 72.9 Å². The number of hydrogen-bond acceptors (Lipinski definition) is 6. The van der Waals surface area contributed by atoms with Crippen molar-refractivity contribution >= 4 is 17.9 Å². The number of esters is 3. The molecule has 6 nitrogen and oxygen atoms in total. The van der Waals surface area contributed by atoms with Gasteiger partial charge in [0.25, 0.3) is 0 Å². The number of rotatable bonds is 44. The molecule has 0 bridgehead atoms. The Morgan fingerprint density at radius 1 is 0.367 bits per heavy atom. The minimum Gasteiger partial charge on any atom is -0.462 e. The van der Waals surface area contributed by atoms with Gasteiger partial charge < -0.3 is 14.2 Å².